The lowest BCUT2D eigenvalue weighted by atomic mass is 10.1. The van der Waals surface area contributed by atoms with Gasteiger partial charge in [0, 0.05) is 23.6 Å². The first kappa shape index (κ1) is 17.6. The second-order valence-corrected chi connectivity index (χ2v) is 7.06. The molecule has 0 saturated heterocycles. The summed E-state index contributed by atoms with van der Waals surface area (Å²) >= 11 is 7.43. The number of benzene rings is 1. The van der Waals surface area contributed by atoms with Gasteiger partial charge in [-0.3, -0.25) is 9.78 Å². The van der Waals surface area contributed by atoms with Gasteiger partial charge in [0.05, 0.1) is 23.9 Å². The lowest BCUT2D eigenvalue weighted by Crippen LogP contribution is -2.31. The summed E-state index contributed by atoms with van der Waals surface area (Å²) in [6.07, 6.45) is 2.01. The number of likely N-dealkylation sites (N-methyl/N-ethyl adjacent to an activating group) is 1. The molecule has 1 unspecified atom stereocenters. The molecule has 4 nitrogen and oxygen atoms in total. The Morgan fingerprint density at radius 2 is 2.00 bits per heavy atom. The van der Waals surface area contributed by atoms with Crippen molar-refractivity contribution in [3.05, 3.63) is 70.3 Å². The highest BCUT2D eigenvalue weighted by Gasteiger charge is 2.19. The number of rotatable bonds is 5. The molecule has 6 heteroatoms. The minimum Gasteiger partial charge on any atom is -0.339 e. The second-order valence-electron chi connectivity index (χ2n) is 5.77. The van der Waals surface area contributed by atoms with E-state index in [0.717, 1.165) is 22.0 Å². The summed E-state index contributed by atoms with van der Waals surface area (Å²) in [5, 5.41) is 3.44. The highest BCUT2D eigenvalue weighted by Crippen LogP contribution is 2.24. The number of hydrogen-bond donors (Lipinski definition) is 0. The van der Waals surface area contributed by atoms with Crippen LogP contribution in [0.2, 0.25) is 5.02 Å². The number of carbonyl (C=O) groups is 1. The summed E-state index contributed by atoms with van der Waals surface area (Å²) in [7, 11) is 1.81. The molecular formula is C19H18ClN3OS. The molecule has 0 spiro atoms. The largest absolute Gasteiger partial charge is 0.339 e. The van der Waals surface area contributed by atoms with E-state index in [-0.39, 0.29) is 18.4 Å². The van der Waals surface area contributed by atoms with E-state index in [0.29, 0.717) is 5.02 Å². The second kappa shape index (κ2) is 7.76. The molecule has 0 radical (unpaired) electrons. The Morgan fingerprint density at radius 1 is 1.24 bits per heavy atom. The monoisotopic (exact) mass is 371 g/mol. The molecule has 0 N–H and O–H groups in total. The van der Waals surface area contributed by atoms with Crippen LogP contribution in [0.25, 0.3) is 10.7 Å². The Kier molecular flexibility index (Phi) is 5.46. The molecule has 0 aliphatic rings. The minimum atomic E-state index is -0.0290. The first-order chi connectivity index (χ1) is 12.0. The van der Waals surface area contributed by atoms with Crippen LogP contribution in [-0.4, -0.2) is 27.8 Å². The van der Waals surface area contributed by atoms with Gasteiger partial charge in [-0.15, -0.1) is 11.3 Å². The average Bonchev–Trinajstić information content (AvgIpc) is 3.10. The van der Waals surface area contributed by atoms with Crippen molar-refractivity contribution in [1.29, 1.82) is 0 Å². The standard InChI is InChI=1S/C19H18ClN3OS/c1-13(14-6-8-15(20)9-7-14)23(2)18(24)11-16-12-25-19(22-16)17-5-3-4-10-21-17/h3-10,12-13H,11H2,1-2H3. The van der Waals surface area contributed by atoms with Crippen molar-refractivity contribution in [1.82, 2.24) is 14.9 Å². The predicted molar refractivity (Wildman–Crippen MR) is 102 cm³/mol. The molecule has 0 saturated carbocycles. The number of pyridine rings is 1. The smallest absolute Gasteiger partial charge is 0.228 e. The molecule has 1 amide bonds. The van der Waals surface area contributed by atoms with Crippen molar-refractivity contribution < 1.29 is 4.79 Å². The normalized spacial score (nSPS) is 12.0. The van der Waals surface area contributed by atoms with E-state index in [1.54, 1.807) is 11.1 Å². The zero-order valence-electron chi connectivity index (χ0n) is 14.0. The van der Waals surface area contributed by atoms with Crippen LogP contribution in [0, 0.1) is 0 Å². The molecule has 0 aliphatic carbocycles. The molecule has 0 fully saturated rings. The maximum absolute atomic E-state index is 12.6. The SMILES string of the molecule is CC(c1ccc(Cl)cc1)N(C)C(=O)Cc1csc(-c2ccccn2)n1. The number of hydrogen-bond acceptors (Lipinski definition) is 4. The highest BCUT2D eigenvalue weighted by molar-refractivity contribution is 7.13. The van der Waals surface area contributed by atoms with E-state index in [4.69, 9.17) is 11.6 Å². The average molecular weight is 372 g/mol. The molecule has 0 aliphatic heterocycles. The third kappa shape index (κ3) is 4.24. The van der Waals surface area contributed by atoms with Gasteiger partial charge >= 0.3 is 0 Å². The molecule has 1 atom stereocenters. The number of amides is 1. The molecule has 1 aromatic carbocycles. The van der Waals surface area contributed by atoms with Gasteiger partial charge in [-0.25, -0.2) is 4.98 Å². The molecule has 3 rings (SSSR count). The third-order valence-electron chi connectivity index (χ3n) is 4.09. The van der Waals surface area contributed by atoms with Crippen LogP contribution < -0.4 is 0 Å². The van der Waals surface area contributed by atoms with Crippen LogP contribution in [0.4, 0.5) is 0 Å². The van der Waals surface area contributed by atoms with E-state index in [2.05, 4.69) is 9.97 Å². The van der Waals surface area contributed by atoms with Crippen LogP contribution in [0.5, 0.6) is 0 Å². The van der Waals surface area contributed by atoms with Gasteiger partial charge in [0.25, 0.3) is 0 Å². The zero-order chi connectivity index (χ0) is 17.8. The van der Waals surface area contributed by atoms with E-state index in [1.165, 1.54) is 11.3 Å². The molecule has 2 aromatic heterocycles. The van der Waals surface area contributed by atoms with Crippen molar-refractivity contribution in [2.24, 2.45) is 0 Å². The summed E-state index contributed by atoms with van der Waals surface area (Å²) in [6, 6.07) is 13.2. The van der Waals surface area contributed by atoms with Gasteiger partial charge in [0.2, 0.25) is 5.91 Å². The lowest BCUT2D eigenvalue weighted by molar-refractivity contribution is -0.131. The summed E-state index contributed by atoms with van der Waals surface area (Å²) < 4.78 is 0. The van der Waals surface area contributed by atoms with Gasteiger partial charge in [-0.2, -0.15) is 0 Å². The number of thiazole rings is 1. The van der Waals surface area contributed by atoms with Gasteiger partial charge in [0.15, 0.2) is 0 Å². The van der Waals surface area contributed by atoms with Crippen molar-refractivity contribution in [3.8, 4) is 10.7 Å². The van der Waals surface area contributed by atoms with E-state index < -0.39 is 0 Å². The Labute approximate surface area is 156 Å². The fourth-order valence-electron chi connectivity index (χ4n) is 2.46. The summed E-state index contributed by atoms with van der Waals surface area (Å²) in [6.45, 7) is 2.00. The maximum Gasteiger partial charge on any atom is 0.228 e. The summed E-state index contributed by atoms with van der Waals surface area (Å²) in [5.74, 6) is 0.0281. The first-order valence-electron chi connectivity index (χ1n) is 7.91. The number of halogens is 1. The van der Waals surface area contributed by atoms with Gasteiger partial charge < -0.3 is 4.90 Å². The predicted octanol–water partition coefficient (Wildman–Crippen LogP) is 4.62. The Balaban J connectivity index is 1.67. The fourth-order valence-corrected chi connectivity index (χ4v) is 3.38. The van der Waals surface area contributed by atoms with Crippen LogP contribution in [0.1, 0.15) is 24.2 Å². The minimum absolute atomic E-state index is 0.0281. The van der Waals surface area contributed by atoms with Crippen molar-refractivity contribution in [3.63, 3.8) is 0 Å². The highest BCUT2D eigenvalue weighted by atomic mass is 35.5. The van der Waals surface area contributed by atoms with Gasteiger partial charge in [-0.05, 0) is 36.8 Å². The summed E-state index contributed by atoms with van der Waals surface area (Å²) in [4.78, 5) is 23.2. The summed E-state index contributed by atoms with van der Waals surface area (Å²) in [5.41, 5.74) is 2.65. The van der Waals surface area contributed by atoms with Crippen molar-refractivity contribution in [2.75, 3.05) is 7.05 Å². The maximum atomic E-state index is 12.6. The van der Waals surface area contributed by atoms with E-state index in [9.17, 15) is 4.79 Å². The molecule has 2 heterocycles. The van der Waals surface area contributed by atoms with E-state index in [1.807, 2.05) is 61.8 Å². The number of nitrogens with zero attached hydrogens (tertiary/aromatic N) is 3. The van der Waals surface area contributed by atoms with Crippen molar-refractivity contribution in [2.45, 2.75) is 19.4 Å². The van der Waals surface area contributed by atoms with Crippen LogP contribution >= 0.6 is 22.9 Å². The zero-order valence-corrected chi connectivity index (χ0v) is 15.6. The lowest BCUT2D eigenvalue weighted by Gasteiger charge is -2.25. The molecule has 0 bridgehead atoms. The third-order valence-corrected chi connectivity index (χ3v) is 5.26. The Bertz CT molecular complexity index is 849. The van der Waals surface area contributed by atoms with Gasteiger partial charge in [0.1, 0.15) is 5.01 Å². The fraction of sp³-hybridized carbons (Fsp3) is 0.211. The number of carbonyl (C=O) groups excluding carboxylic acids is 1. The molecule has 25 heavy (non-hydrogen) atoms. The molecule has 128 valence electrons. The Hall–Kier alpha value is -2.24. The van der Waals surface area contributed by atoms with Crippen LogP contribution in [0.3, 0.4) is 0 Å². The quantitative estimate of drug-likeness (QED) is 0.657. The van der Waals surface area contributed by atoms with Gasteiger partial charge in [-0.1, -0.05) is 29.8 Å². The topological polar surface area (TPSA) is 46.1 Å². The van der Waals surface area contributed by atoms with Crippen LogP contribution in [-0.2, 0) is 11.2 Å². The van der Waals surface area contributed by atoms with Crippen molar-refractivity contribution >= 4 is 28.8 Å². The molecular weight excluding hydrogens is 354 g/mol. The number of aromatic nitrogens is 2. The molecule has 3 aromatic rings. The van der Waals surface area contributed by atoms with Crippen LogP contribution in [0.15, 0.2) is 54.0 Å². The first-order valence-corrected chi connectivity index (χ1v) is 9.17. The Morgan fingerprint density at radius 3 is 2.68 bits per heavy atom. The van der Waals surface area contributed by atoms with E-state index >= 15 is 0 Å².